The van der Waals surface area contributed by atoms with E-state index in [1.54, 1.807) is 7.11 Å². The molecule has 2 rings (SSSR count). The predicted molar refractivity (Wildman–Crippen MR) is 81.3 cm³/mol. The fourth-order valence-corrected chi connectivity index (χ4v) is 2.22. The van der Waals surface area contributed by atoms with Crippen molar-refractivity contribution in [3.63, 3.8) is 0 Å². The summed E-state index contributed by atoms with van der Waals surface area (Å²) in [7, 11) is 1.68. The van der Waals surface area contributed by atoms with E-state index in [0.29, 0.717) is 0 Å². The van der Waals surface area contributed by atoms with Gasteiger partial charge in [0.1, 0.15) is 5.75 Å². The van der Waals surface area contributed by atoms with E-state index in [1.807, 2.05) is 42.5 Å². The standard InChI is InChI=1S/C16H18ClNO/c1-19-16-11-5-4-10-15(16)18-12-6-8-13-7-2-3-9-14(13)17/h2-5,7,9-11,18H,6,8,12H2,1H3. The predicted octanol–water partition coefficient (Wildman–Crippen LogP) is 4.39. The molecule has 0 aliphatic rings. The van der Waals surface area contributed by atoms with Gasteiger partial charge in [-0.05, 0) is 36.6 Å². The van der Waals surface area contributed by atoms with Crippen LogP contribution in [0.15, 0.2) is 48.5 Å². The van der Waals surface area contributed by atoms with Crippen LogP contribution in [0.25, 0.3) is 0 Å². The van der Waals surface area contributed by atoms with Gasteiger partial charge in [0, 0.05) is 11.6 Å². The molecule has 2 aromatic carbocycles. The van der Waals surface area contributed by atoms with E-state index in [-0.39, 0.29) is 0 Å². The fourth-order valence-electron chi connectivity index (χ4n) is 1.99. The highest BCUT2D eigenvalue weighted by Crippen LogP contribution is 2.23. The molecule has 0 fully saturated rings. The van der Waals surface area contributed by atoms with Gasteiger partial charge >= 0.3 is 0 Å². The molecule has 0 aromatic heterocycles. The van der Waals surface area contributed by atoms with Crippen LogP contribution in [-0.4, -0.2) is 13.7 Å². The summed E-state index contributed by atoms with van der Waals surface area (Å²) in [5.74, 6) is 0.875. The maximum absolute atomic E-state index is 6.13. The van der Waals surface area contributed by atoms with Gasteiger partial charge < -0.3 is 10.1 Å². The van der Waals surface area contributed by atoms with Crippen molar-refractivity contribution in [2.24, 2.45) is 0 Å². The molecule has 0 amide bonds. The molecule has 3 heteroatoms. The van der Waals surface area contributed by atoms with Gasteiger partial charge in [-0.1, -0.05) is 41.9 Å². The van der Waals surface area contributed by atoms with Crippen LogP contribution in [-0.2, 0) is 6.42 Å². The van der Waals surface area contributed by atoms with Crippen LogP contribution < -0.4 is 10.1 Å². The first-order valence-electron chi connectivity index (χ1n) is 6.41. The third kappa shape index (κ3) is 3.90. The average Bonchev–Trinajstić information content (AvgIpc) is 2.45. The van der Waals surface area contributed by atoms with Gasteiger partial charge in [-0.3, -0.25) is 0 Å². The Bertz CT molecular complexity index is 528. The maximum Gasteiger partial charge on any atom is 0.141 e. The molecule has 0 saturated heterocycles. The molecule has 1 N–H and O–H groups in total. The minimum atomic E-state index is 0.847. The molecular weight excluding hydrogens is 258 g/mol. The van der Waals surface area contributed by atoms with Gasteiger partial charge in [0.05, 0.1) is 12.8 Å². The largest absolute Gasteiger partial charge is 0.495 e. The molecule has 0 bridgehead atoms. The number of methoxy groups -OCH3 is 1. The minimum absolute atomic E-state index is 0.847. The smallest absolute Gasteiger partial charge is 0.141 e. The Labute approximate surface area is 119 Å². The van der Waals surface area contributed by atoms with E-state index < -0.39 is 0 Å². The lowest BCUT2D eigenvalue weighted by Gasteiger charge is -2.11. The molecule has 0 saturated carbocycles. The Morgan fingerprint density at radius 1 is 1.05 bits per heavy atom. The lowest BCUT2D eigenvalue weighted by molar-refractivity contribution is 0.416. The minimum Gasteiger partial charge on any atom is -0.495 e. The van der Waals surface area contributed by atoms with Crippen molar-refractivity contribution in [1.29, 1.82) is 0 Å². The first-order valence-corrected chi connectivity index (χ1v) is 6.79. The van der Waals surface area contributed by atoms with E-state index in [2.05, 4.69) is 11.4 Å². The van der Waals surface area contributed by atoms with E-state index in [9.17, 15) is 0 Å². The molecule has 0 heterocycles. The number of anilines is 1. The number of para-hydroxylation sites is 2. The van der Waals surface area contributed by atoms with E-state index in [4.69, 9.17) is 16.3 Å². The first kappa shape index (κ1) is 13.8. The Hall–Kier alpha value is -1.67. The maximum atomic E-state index is 6.13. The molecule has 100 valence electrons. The highest BCUT2D eigenvalue weighted by Gasteiger charge is 2.01. The third-order valence-corrected chi connectivity index (χ3v) is 3.37. The molecular formula is C16H18ClNO. The van der Waals surface area contributed by atoms with Crippen molar-refractivity contribution in [1.82, 2.24) is 0 Å². The zero-order valence-electron chi connectivity index (χ0n) is 11.0. The molecule has 0 radical (unpaired) electrons. The quantitative estimate of drug-likeness (QED) is 0.789. The number of aryl methyl sites for hydroxylation is 1. The summed E-state index contributed by atoms with van der Waals surface area (Å²) in [6.45, 7) is 0.894. The number of benzene rings is 2. The van der Waals surface area contributed by atoms with Crippen molar-refractivity contribution in [3.8, 4) is 5.75 Å². The highest BCUT2D eigenvalue weighted by atomic mass is 35.5. The molecule has 19 heavy (non-hydrogen) atoms. The van der Waals surface area contributed by atoms with Crippen LogP contribution in [0.4, 0.5) is 5.69 Å². The van der Waals surface area contributed by atoms with E-state index in [1.165, 1.54) is 5.56 Å². The molecule has 0 atom stereocenters. The van der Waals surface area contributed by atoms with Gasteiger partial charge in [0.15, 0.2) is 0 Å². The van der Waals surface area contributed by atoms with Crippen LogP contribution in [0.5, 0.6) is 5.75 Å². The van der Waals surface area contributed by atoms with Gasteiger partial charge in [-0.2, -0.15) is 0 Å². The van der Waals surface area contributed by atoms with E-state index >= 15 is 0 Å². The summed E-state index contributed by atoms with van der Waals surface area (Å²) in [5, 5.41) is 4.23. The number of hydrogen-bond donors (Lipinski definition) is 1. The van der Waals surface area contributed by atoms with Crippen molar-refractivity contribution < 1.29 is 4.74 Å². The summed E-state index contributed by atoms with van der Waals surface area (Å²) >= 11 is 6.13. The molecule has 0 aliphatic carbocycles. The van der Waals surface area contributed by atoms with Crippen molar-refractivity contribution in [3.05, 3.63) is 59.1 Å². The molecule has 0 unspecified atom stereocenters. The van der Waals surface area contributed by atoms with Gasteiger partial charge in [0.2, 0.25) is 0 Å². The summed E-state index contributed by atoms with van der Waals surface area (Å²) in [4.78, 5) is 0. The Morgan fingerprint density at radius 3 is 2.58 bits per heavy atom. The fraction of sp³-hybridized carbons (Fsp3) is 0.250. The van der Waals surface area contributed by atoms with Crippen LogP contribution in [0.3, 0.4) is 0 Å². The molecule has 0 spiro atoms. The second-order valence-electron chi connectivity index (χ2n) is 4.32. The summed E-state index contributed by atoms with van der Waals surface area (Å²) < 4.78 is 5.30. The highest BCUT2D eigenvalue weighted by molar-refractivity contribution is 6.31. The van der Waals surface area contributed by atoms with Crippen LogP contribution in [0.2, 0.25) is 5.02 Å². The average molecular weight is 276 g/mol. The first-order chi connectivity index (χ1) is 9.31. The second kappa shape index (κ2) is 7.05. The number of hydrogen-bond acceptors (Lipinski definition) is 2. The topological polar surface area (TPSA) is 21.3 Å². The van der Waals surface area contributed by atoms with Gasteiger partial charge in [-0.15, -0.1) is 0 Å². The molecule has 2 aromatic rings. The van der Waals surface area contributed by atoms with Crippen LogP contribution in [0, 0.1) is 0 Å². The Morgan fingerprint density at radius 2 is 1.79 bits per heavy atom. The number of rotatable bonds is 6. The number of halogens is 1. The lowest BCUT2D eigenvalue weighted by atomic mass is 10.1. The summed E-state index contributed by atoms with van der Waals surface area (Å²) in [5.41, 5.74) is 2.23. The monoisotopic (exact) mass is 275 g/mol. The van der Waals surface area contributed by atoms with Gasteiger partial charge in [-0.25, -0.2) is 0 Å². The summed E-state index contributed by atoms with van der Waals surface area (Å²) in [6.07, 6.45) is 2.00. The van der Waals surface area contributed by atoms with Gasteiger partial charge in [0.25, 0.3) is 0 Å². The second-order valence-corrected chi connectivity index (χ2v) is 4.73. The Kier molecular flexibility index (Phi) is 5.10. The van der Waals surface area contributed by atoms with Crippen LogP contribution >= 0.6 is 11.6 Å². The normalized spacial score (nSPS) is 10.2. The van der Waals surface area contributed by atoms with E-state index in [0.717, 1.165) is 35.8 Å². The van der Waals surface area contributed by atoms with Crippen molar-refractivity contribution >= 4 is 17.3 Å². The number of nitrogens with one attached hydrogen (secondary N) is 1. The SMILES string of the molecule is COc1ccccc1NCCCc1ccccc1Cl. The van der Waals surface area contributed by atoms with Crippen molar-refractivity contribution in [2.45, 2.75) is 12.8 Å². The molecule has 0 aliphatic heterocycles. The number of ether oxygens (including phenoxy) is 1. The Balaban J connectivity index is 1.83. The zero-order valence-corrected chi connectivity index (χ0v) is 11.8. The summed E-state index contributed by atoms with van der Waals surface area (Å²) in [6, 6.07) is 15.9. The van der Waals surface area contributed by atoms with Crippen LogP contribution in [0.1, 0.15) is 12.0 Å². The zero-order chi connectivity index (χ0) is 13.5. The lowest BCUT2D eigenvalue weighted by Crippen LogP contribution is -2.04. The van der Waals surface area contributed by atoms with Crippen molar-refractivity contribution in [2.75, 3.05) is 19.0 Å². The molecule has 2 nitrogen and oxygen atoms in total. The third-order valence-electron chi connectivity index (χ3n) is 3.00.